The Kier molecular flexibility index (Phi) is 4.95. The summed E-state index contributed by atoms with van der Waals surface area (Å²) in [5, 5.41) is 5.46. The summed E-state index contributed by atoms with van der Waals surface area (Å²) in [4.78, 5) is 23.1. The summed E-state index contributed by atoms with van der Waals surface area (Å²) in [7, 11) is 0. The van der Waals surface area contributed by atoms with Crippen LogP contribution < -0.4 is 10.6 Å². The molecular weight excluding hydrogens is 232 g/mol. The minimum absolute atomic E-state index is 0.0644. The van der Waals surface area contributed by atoms with Crippen molar-refractivity contribution in [2.75, 3.05) is 6.54 Å². The van der Waals surface area contributed by atoms with E-state index in [0.29, 0.717) is 23.6 Å². The number of nitrogens with one attached hydrogen (secondary N) is 2. The second kappa shape index (κ2) is 6.23. The second-order valence-electron chi connectivity index (χ2n) is 4.56. The van der Waals surface area contributed by atoms with Crippen LogP contribution >= 0.6 is 0 Å². The van der Waals surface area contributed by atoms with E-state index in [1.807, 2.05) is 13.8 Å². The smallest absolute Gasteiger partial charge is 0.254 e. The molecule has 0 bridgehead atoms. The summed E-state index contributed by atoms with van der Waals surface area (Å²) in [6.07, 6.45) is 0.278. The molecule has 5 heteroatoms. The van der Waals surface area contributed by atoms with Crippen LogP contribution in [0.1, 0.15) is 42.1 Å². The molecule has 1 aromatic heterocycles. The van der Waals surface area contributed by atoms with E-state index in [1.54, 1.807) is 19.9 Å². The van der Waals surface area contributed by atoms with Gasteiger partial charge in [-0.25, -0.2) is 0 Å². The van der Waals surface area contributed by atoms with Crippen molar-refractivity contribution in [2.24, 2.45) is 0 Å². The lowest BCUT2D eigenvalue weighted by Crippen LogP contribution is -2.34. The molecular formula is C13H20N2O3. The van der Waals surface area contributed by atoms with Crippen LogP contribution in [0.2, 0.25) is 0 Å². The van der Waals surface area contributed by atoms with Crippen LogP contribution in [0.25, 0.3) is 0 Å². The fraction of sp³-hybridized carbons (Fsp3) is 0.538. The molecule has 2 N–H and O–H groups in total. The number of rotatable bonds is 5. The Hall–Kier alpha value is -1.78. The Morgan fingerprint density at radius 2 is 2.00 bits per heavy atom. The van der Waals surface area contributed by atoms with Gasteiger partial charge in [0.2, 0.25) is 5.91 Å². The number of amides is 2. The largest absolute Gasteiger partial charge is 0.466 e. The van der Waals surface area contributed by atoms with Gasteiger partial charge < -0.3 is 15.1 Å². The highest BCUT2D eigenvalue weighted by Crippen LogP contribution is 2.13. The molecule has 0 fully saturated rings. The molecule has 1 rings (SSSR count). The van der Waals surface area contributed by atoms with Gasteiger partial charge in [0.05, 0.1) is 5.56 Å². The van der Waals surface area contributed by atoms with Crippen molar-refractivity contribution in [1.29, 1.82) is 0 Å². The molecule has 1 aromatic rings. The lowest BCUT2D eigenvalue weighted by atomic mass is 10.2. The average molecular weight is 252 g/mol. The highest BCUT2D eigenvalue weighted by molar-refractivity contribution is 5.95. The summed E-state index contributed by atoms with van der Waals surface area (Å²) in [6.45, 7) is 7.65. The highest BCUT2D eigenvalue weighted by Gasteiger charge is 2.13. The van der Waals surface area contributed by atoms with E-state index in [2.05, 4.69) is 10.6 Å². The molecule has 0 aromatic carbocycles. The number of carbonyl (C=O) groups excluding carboxylic acids is 2. The first-order chi connectivity index (χ1) is 8.40. The van der Waals surface area contributed by atoms with Crippen LogP contribution in [0, 0.1) is 13.8 Å². The molecule has 100 valence electrons. The van der Waals surface area contributed by atoms with E-state index < -0.39 is 0 Å². The standard InChI is InChI=1S/C13H20N2O3/c1-8(2)15-12(16)5-6-14-13(17)11-7-9(3)18-10(11)4/h7-8H,5-6H2,1-4H3,(H,14,17)(H,15,16). The van der Waals surface area contributed by atoms with Crippen LogP contribution in [0.15, 0.2) is 10.5 Å². The first-order valence-corrected chi connectivity index (χ1v) is 6.04. The third-order valence-corrected chi connectivity index (χ3v) is 2.37. The first kappa shape index (κ1) is 14.3. The fourth-order valence-corrected chi connectivity index (χ4v) is 1.64. The summed E-state index contributed by atoms with van der Waals surface area (Å²) < 4.78 is 5.28. The Bertz CT molecular complexity index is 435. The van der Waals surface area contributed by atoms with Gasteiger partial charge in [0.1, 0.15) is 11.5 Å². The van der Waals surface area contributed by atoms with Crippen molar-refractivity contribution >= 4 is 11.8 Å². The monoisotopic (exact) mass is 252 g/mol. The zero-order valence-corrected chi connectivity index (χ0v) is 11.3. The Morgan fingerprint density at radius 3 is 2.50 bits per heavy atom. The molecule has 0 unspecified atom stereocenters. The predicted octanol–water partition coefficient (Wildman–Crippen LogP) is 1.54. The molecule has 0 aliphatic rings. The molecule has 0 atom stereocenters. The van der Waals surface area contributed by atoms with Crippen LogP contribution in [-0.4, -0.2) is 24.4 Å². The Labute approximate surface area is 107 Å². The van der Waals surface area contributed by atoms with E-state index in [1.165, 1.54) is 0 Å². The number of carbonyl (C=O) groups is 2. The van der Waals surface area contributed by atoms with Crippen LogP contribution in [-0.2, 0) is 4.79 Å². The molecule has 18 heavy (non-hydrogen) atoms. The molecule has 0 aliphatic heterocycles. The third-order valence-electron chi connectivity index (χ3n) is 2.37. The van der Waals surface area contributed by atoms with Crippen molar-refractivity contribution < 1.29 is 14.0 Å². The van der Waals surface area contributed by atoms with Gasteiger partial charge in [-0.05, 0) is 33.8 Å². The zero-order chi connectivity index (χ0) is 13.7. The van der Waals surface area contributed by atoms with Crippen molar-refractivity contribution in [1.82, 2.24) is 10.6 Å². The maximum absolute atomic E-state index is 11.8. The van der Waals surface area contributed by atoms with Gasteiger partial charge in [0.25, 0.3) is 5.91 Å². The molecule has 1 heterocycles. The molecule has 0 spiro atoms. The third kappa shape index (κ3) is 4.24. The molecule has 0 radical (unpaired) electrons. The molecule has 5 nitrogen and oxygen atoms in total. The maximum atomic E-state index is 11.8. The van der Waals surface area contributed by atoms with E-state index in [0.717, 1.165) is 0 Å². The van der Waals surface area contributed by atoms with Gasteiger partial charge in [-0.1, -0.05) is 0 Å². The number of aryl methyl sites for hydroxylation is 2. The van der Waals surface area contributed by atoms with E-state index in [9.17, 15) is 9.59 Å². The van der Waals surface area contributed by atoms with Crippen LogP contribution in [0.4, 0.5) is 0 Å². The lowest BCUT2D eigenvalue weighted by molar-refractivity contribution is -0.121. The van der Waals surface area contributed by atoms with Gasteiger partial charge in [-0.3, -0.25) is 9.59 Å². The topological polar surface area (TPSA) is 71.3 Å². The Balaban J connectivity index is 2.38. The number of hydrogen-bond acceptors (Lipinski definition) is 3. The Morgan fingerprint density at radius 1 is 1.33 bits per heavy atom. The van der Waals surface area contributed by atoms with Gasteiger partial charge in [0.15, 0.2) is 0 Å². The minimum atomic E-state index is -0.207. The predicted molar refractivity (Wildman–Crippen MR) is 68.4 cm³/mol. The maximum Gasteiger partial charge on any atom is 0.254 e. The van der Waals surface area contributed by atoms with Gasteiger partial charge in [0, 0.05) is 19.0 Å². The number of furan rings is 1. The highest BCUT2D eigenvalue weighted by atomic mass is 16.3. The summed E-state index contributed by atoms with van der Waals surface area (Å²) in [5.41, 5.74) is 0.525. The van der Waals surface area contributed by atoms with Crippen molar-refractivity contribution in [3.8, 4) is 0 Å². The number of hydrogen-bond donors (Lipinski definition) is 2. The average Bonchev–Trinajstić information content (AvgIpc) is 2.56. The van der Waals surface area contributed by atoms with Crippen molar-refractivity contribution in [2.45, 2.75) is 40.2 Å². The van der Waals surface area contributed by atoms with Gasteiger partial charge in [-0.2, -0.15) is 0 Å². The quantitative estimate of drug-likeness (QED) is 0.835. The first-order valence-electron chi connectivity index (χ1n) is 6.04. The lowest BCUT2D eigenvalue weighted by Gasteiger charge is -2.08. The van der Waals surface area contributed by atoms with E-state index >= 15 is 0 Å². The SMILES string of the molecule is Cc1cc(C(=O)NCCC(=O)NC(C)C)c(C)o1. The van der Waals surface area contributed by atoms with Gasteiger partial charge in [-0.15, -0.1) is 0 Å². The minimum Gasteiger partial charge on any atom is -0.466 e. The van der Waals surface area contributed by atoms with E-state index in [-0.39, 0.29) is 24.3 Å². The second-order valence-corrected chi connectivity index (χ2v) is 4.56. The van der Waals surface area contributed by atoms with Gasteiger partial charge >= 0.3 is 0 Å². The molecule has 0 aliphatic carbocycles. The van der Waals surface area contributed by atoms with E-state index in [4.69, 9.17) is 4.42 Å². The normalized spacial score (nSPS) is 10.5. The fourth-order valence-electron chi connectivity index (χ4n) is 1.64. The zero-order valence-electron chi connectivity index (χ0n) is 11.3. The van der Waals surface area contributed by atoms with Crippen LogP contribution in [0.3, 0.4) is 0 Å². The summed E-state index contributed by atoms with van der Waals surface area (Å²) in [6, 6.07) is 1.81. The van der Waals surface area contributed by atoms with Crippen molar-refractivity contribution in [3.05, 3.63) is 23.2 Å². The van der Waals surface area contributed by atoms with Crippen molar-refractivity contribution in [3.63, 3.8) is 0 Å². The molecule has 0 saturated carbocycles. The molecule has 0 saturated heterocycles. The molecule has 2 amide bonds. The summed E-state index contributed by atoms with van der Waals surface area (Å²) in [5.74, 6) is 1.03. The summed E-state index contributed by atoms with van der Waals surface area (Å²) >= 11 is 0. The van der Waals surface area contributed by atoms with Crippen LogP contribution in [0.5, 0.6) is 0 Å².